The predicted molar refractivity (Wildman–Crippen MR) is 53.3 cm³/mol. The van der Waals surface area contributed by atoms with Gasteiger partial charge >= 0.3 is 0 Å². The monoisotopic (exact) mass is 234 g/mol. The van der Waals surface area contributed by atoms with Gasteiger partial charge in [0.15, 0.2) is 9.84 Å². The lowest BCUT2D eigenvalue weighted by Crippen LogP contribution is -2.28. The van der Waals surface area contributed by atoms with E-state index in [2.05, 4.69) is 0 Å². The molecule has 0 spiro atoms. The van der Waals surface area contributed by atoms with Crippen LogP contribution in [-0.2, 0) is 9.84 Å². The Bertz CT molecular complexity index is 452. The van der Waals surface area contributed by atoms with E-state index in [1.54, 1.807) is 0 Å². The highest BCUT2D eigenvalue weighted by Crippen LogP contribution is 2.25. The second-order valence-electron chi connectivity index (χ2n) is 4.22. The maximum Gasteiger partial charge on any atom is 0.183 e. The van der Waals surface area contributed by atoms with Gasteiger partial charge in [-0.15, -0.1) is 0 Å². The average Bonchev–Trinajstić information content (AvgIpc) is 1.99. The molecule has 0 saturated carbocycles. The zero-order valence-corrected chi connectivity index (χ0v) is 9.53. The molecule has 0 aliphatic carbocycles. The maximum atomic E-state index is 12.8. The topological polar surface area (TPSA) is 34.1 Å². The van der Waals surface area contributed by atoms with Crippen molar-refractivity contribution in [2.75, 3.05) is 0 Å². The van der Waals surface area contributed by atoms with Gasteiger partial charge in [-0.25, -0.2) is 17.2 Å². The molecule has 15 heavy (non-hydrogen) atoms. The number of benzene rings is 1. The molecule has 0 saturated heterocycles. The molecule has 0 aromatic heterocycles. The van der Waals surface area contributed by atoms with Gasteiger partial charge in [-0.05, 0) is 32.9 Å². The van der Waals surface area contributed by atoms with Crippen molar-refractivity contribution in [2.24, 2.45) is 0 Å². The Morgan fingerprint density at radius 2 is 1.40 bits per heavy atom. The van der Waals surface area contributed by atoms with E-state index < -0.39 is 26.2 Å². The van der Waals surface area contributed by atoms with E-state index in [0.717, 1.165) is 12.1 Å². The van der Waals surface area contributed by atoms with E-state index in [4.69, 9.17) is 0 Å². The number of sulfone groups is 1. The van der Waals surface area contributed by atoms with E-state index in [0.29, 0.717) is 6.07 Å². The summed E-state index contributed by atoms with van der Waals surface area (Å²) in [5.41, 5.74) is 0. The van der Waals surface area contributed by atoms with E-state index in [-0.39, 0.29) is 4.90 Å². The van der Waals surface area contributed by atoms with Crippen molar-refractivity contribution in [1.29, 1.82) is 0 Å². The van der Waals surface area contributed by atoms with Crippen LogP contribution in [0.1, 0.15) is 20.8 Å². The first-order chi connectivity index (χ1) is 6.64. The summed E-state index contributed by atoms with van der Waals surface area (Å²) in [5, 5.41) is 0. The quantitative estimate of drug-likeness (QED) is 0.748. The number of halogens is 2. The minimum Gasteiger partial charge on any atom is -0.223 e. The van der Waals surface area contributed by atoms with E-state index in [1.165, 1.54) is 20.8 Å². The largest absolute Gasteiger partial charge is 0.223 e. The fraction of sp³-hybridized carbons (Fsp3) is 0.400. The number of hydrogen-bond acceptors (Lipinski definition) is 2. The fourth-order valence-electron chi connectivity index (χ4n) is 1.04. The van der Waals surface area contributed by atoms with Crippen LogP contribution in [0.3, 0.4) is 0 Å². The lowest BCUT2D eigenvalue weighted by atomic mass is 10.3. The molecule has 5 heteroatoms. The number of rotatable bonds is 1. The summed E-state index contributed by atoms with van der Waals surface area (Å²) in [6, 6.07) is 2.29. The van der Waals surface area contributed by atoms with Crippen LogP contribution in [0.4, 0.5) is 8.78 Å². The molecule has 2 nitrogen and oxygen atoms in total. The summed E-state index contributed by atoms with van der Waals surface area (Å²) in [6.07, 6.45) is 0. The molecule has 1 aromatic carbocycles. The highest BCUT2D eigenvalue weighted by atomic mass is 32.2. The van der Waals surface area contributed by atoms with Crippen LogP contribution in [0.2, 0.25) is 0 Å². The normalized spacial score (nSPS) is 12.9. The predicted octanol–water partition coefficient (Wildman–Crippen LogP) is 2.54. The molecule has 0 aliphatic rings. The Labute approximate surface area is 87.8 Å². The molecule has 0 aliphatic heterocycles. The first-order valence-electron chi connectivity index (χ1n) is 4.35. The Morgan fingerprint density at radius 3 is 1.73 bits per heavy atom. The van der Waals surface area contributed by atoms with Crippen molar-refractivity contribution in [3.8, 4) is 0 Å². The van der Waals surface area contributed by atoms with E-state index in [1.807, 2.05) is 0 Å². The smallest absolute Gasteiger partial charge is 0.183 e. The molecule has 84 valence electrons. The van der Waals surface area contributed by atoms with E-state index >= 15 is 0 Å². The highest BCUT2D eigenvalue weighted by Gasteiger charge is 2.31. The Balaban J connectivity index is 3.41. The molecule has 0 unspecified atom stereocenters. The maximum absolute atomic E-state index is 12.8. The standard InChI is InChI=1S/C10H12F2O2S/c1-10(2,3)15(13,14)9-5-7(11)4-8(12)6-9/h4-6H,1-3H3. The molecule has 0 heterocycles. The van der Waals surface area contributed by atoms with Gasteiger partial charge in [-0.3, -0.25) is 0 Å². The minimum absolute atomic E-state index is 0.326. The van der Waals surface area contributed by atoms with Gasteiger partial charge in [0, 0.05) is 6.07 Å². The zero-order valence-electron chi connectivity index (χ0n) is 8.71. The molecular weight excluding hydrogens is 222 g/mol. The average molecular weight is 234 g/mol. The van der Waals surface area contributed by atoms with Crippen LogP contribution in [0.25, 0.3) is 0 Å². The van der Waals surface area contributed by atoms with Crippen molar-refractivity contribution in [3.63, 3.8) is 0 Å². The van der Waals surface area contributed by atoms with Crippen LogP contribution in [-0.4, -0.2) is 13.2 Å². The summed E-state index contributed by atoms with van der Waals surface area (Å²) in [5.74, 6) is -1.78. The lowest BCUT2D eigenvalue weighted by molar-refractivity contribution is 0.549. The van der Waals surface area contributed by atoms with Crippen molar-refractivity contribution < 1.29 is 17.2 Å². The van der Waals surface area contributed by atoms with Gasteiger partial charge in [0.25, 0.3) is 0 Å². The first kappa shape index (κ1) is 12.1. The summed E-state index contributed by atoms with van der Waals surface area (Å²) in [7, 11) is -3.70. The van der Waals surface area contributed by atoms with Gasteiger partial charge < -0.3 is 0 Å². The second kappa shape index (κ2) is 3.56. The Hall–Kier alpha value is -0.970. The van der Waals surface area contributed by atoms with Crippen molar-refractivity contribution in [1.82, 2.24) is 0 Å². The zero-order chi connectivity index (χ0) is 11.9. The first-order valence-corrected chi connectivity index (χ1v) is 5.83. The Kier molecular flexibility index (Phi) is 2.87. The molecule has 0 N–H and O–H groups in total. The third-order valence-corrected chi connectivity index (χ3v) is 4.42. The van der Waals surface area contributed by atoms with Gasteiger partial charge in [-0.1, -0.05) is 0 Å². The summed E-state index contributed by atoms with van der Waals surface area (Å²) >= 11 is 0. The summed E-state index contributed by atoms with van der Waals surface area (Å²) in [6.45, 7) is 4.43. The number of hydrogen-bond donors (Lipinski definition) is 0. The molecule has 0 bridgehead atoms. The molecule has 0 amide bonds. The molecular formula is C10H12F2O2S. The van der Waals surface area contributed by atoms with Gasteiger partial charge in [0.2, 0.25) is 0 Å². The Morgan fingerprint density at radius 1 is 1.00 bits per heavy atom. The molecule has 0 fully saturated rings. The van der Waals surface area contributed by atoms with Gasteiger partial charge in [0.05, 0.1) is 9.64 Å². The molecule has 1 rings (SSSR count). The van der Waals surface area contributed by atoms with Gasteiger partial charge in [-0.2, -0.15) is 0 Å². The second-order valence-corrected chi connectivity index (χ2v) is 6.92. The summed E-state index contributed by atoms with van der Waals surface area (Å²) in [4.78, 5) is -0.326. The van der Waals surface area contributed by atoms with Crippen LogP contribution in [0.15, 0.2) is 23.1 Å². The van der Waals surface area contributed by atoms with Crippen LogP contribution < -0.4 is 0 Å². The van der Waals surface area contributed by atoms with Crippen molar-refractivity contribution in [2.45, 2.75) is 30.4 Å². The van der Waals surface area contributed by atoms with Crippen molar-refractivity contribution in [3.05, 3.63) is 29.8 Å². The third kappa shape index (κ3) is 2.34. The summed E-state index contributed by atoms with van der Waals surface area (Å²) < 4.78 is 48.3. The van der Waals surface area contributed by atoms with Crippen LogP contribution in [0, 0.1) is 11.6 Å². The molecule has 1 aromatic rings. The van der Waals surface area contributed by atoms with Crippen molar-refractivity contribution >= 4 is 9.84 Å². The van der Waals surface area contributed by atoms with Crippen LogP contribution in [0.5, 0.6) is 0 Å². The lowest BCUT2D eigenvalue weighted by Gasteiger charge is -2.19. The van der Waals surface area contributed by atoms with Gasteiger partial charge in [0.1, 0.15) is 11.6 Å². The minimum atomic E-state index is -3.70. The van der Waals surface area contributed by atoms with E-state index in [9.17, 15) is 17.2 Å². The molecule has 0 radical (unpaired) electrons. The fourth-order valence-corrected chi connectivity index (χ4v) is 2.28. The SMILES string of the molecule is CC(C)(C)S(=O)(=O)c1cc(F)cc(F)c1. The third-order valence-electron chi connectivity index (χ3n) is 1.95. The molecule has 0 atom stereocenters. The van der Waals surface area contributed by atoms with Crippen LogP contribution >= 0.6 is 0 Å². The highest BCUT2D eigenvalue weighted by molar-refractivity contribution is 7.92.